The standard InChI is InChI=1S/C40H64O10/c1-7-9-10-11-12-13-14-15-16-17-18-19-20-21-34(45)49-35-27(3)39(6,23-22-30(8-2)26-41)33-25-31(44)24-32-37(47-28(4)42)50-38(48-29(5)43)40(32,33)36(35)46/h8,22,24,27,31,33,35-38,41,44,46H,2,7,9-21,23,25-26H2,1,3-6H3/b30-22+/t27-,31+,33-,35-,36+,37+,38-,39+,40-/m0/s1. The van der Waals surface area contributed by atoms with Gasteiger partial charge in [-0.15, -0.1) is 0 Å². The predicted molar refractivity (Wildman–Crippen MR) is 190 cm³/mol. The molecule has 0 aromatic carbocycles. The zero-order chi connectivity index (χ0) is 36.9. The van der Waals surface area contributed by atoms with Crippen LogP contribution in [0.15, 0.2) is 36.0 Å². The van der Waals surface area contributed by atoms with Gasteiger partial charge in [0, 0.05) is 31.8 Å². The van der Waals surface area contributed by atoms with Crippen molar-refractivity contribution in [1.82, 2.24) is 0 Å². The average molecular weight is 705 g/mol. The van der Waals surface area contributed by atoms with Crippen molar-refractivity contribution in [2.45, 2.75) is 168 Å². The monoisotopic (exact) mass is 704 g/mol. The predicted octanol–water partition coefficient (Wildman–Crippen LogP) is 6.99. The first kappa shape index (κ1) is 41.9. The summed E-state index contributed by atoms with van der Waals surface area (Å²) in [4.78, 5) is 38.0. The van der Waals surface area contributed by atoms with Gasteiger partial charge in [0.25, 0.3) is 0 Å². The Morgan fingerprint density at radius 3 is 2.00 bits per heavy atom. The maximum absolute atomic E-state index is 13.4. The highest BCUT2D eigenvalue weighted by atomic mass is 16.8. The summed E-state index contributed by atoms with van der Waals surface area (Å²) in [5, 5.41) is 33.4. The molecule has 0 aromatic heterocycles. The van der Waals surface area contributed by atoms with Crippen LogP contribution in [0.4, 0.5) is 0 Å². The van der Waals surface area contributed by atoms with Gasteiger partial charge in [0.2, 0.25) is 12.6 Å². The minimum Gasteiger partial charge on any atom is -0.459 e. The minimum atomic E-state index is -1.51. The topological polar surface area (TPSA) is 149 Å². The van der Waals surface area contributed by atoms with Crippen LogP contribution in [-0.4, -0.2) is 70.7 Å². The van der Waals surface area contributed by atoms with Crippen molar-refractivity contribution >= 4 is 17.9 Å². The van der Waals surface area contributed by atoms with Crippen LogP contribution >= 0.6 is 0 Å². The molecule has 10 heteroatoms. The number of ether oxygens (including phenoxy) is 4. The second kappa shape index (κ2) is 19.9. The Morgan fingerprint density at radius 1 is 0.920 bits per heavy atom. The zero-order valence-electron chi connectivity index (χ0n) is 31.2. The van der Waals surface area contributed by atoms with Crippen LogP contribution in [-0.2, 0) is 33.3 Å². The largest absolute Gasteiger partial charge is 0.459 e. The summed E-state index contributed by atoms with van der Waals surface area (Å²) in [5.74, 6) is -2.79. The molecule has 2 fully saturated rings. The minimum absolute atomic E-state index is 0.172. The van der Waals surface area contributed by atoms with E-state index in [4.69, 9.17) is 18.9 Å². The Bertz CT molecular complexity index is 1190. The summed E-state index contributed by atoms with van der Waals surface area (Å²) in [7, 11) is 0. The van der Waals surface area contributed by atoms with Crippen molar-refractivity contribution in [2.24, 2.45) is 22.7 Å². The van der Waals surface area contributed by atoms with Crippen molar-refractivity contribution in [2.75, 3.05) is 6.61 Å². The molecule has 0 radical (unpaired) electrons. The second-order valence-corrected chi connectivity index (χ2v) is 15.0. The van der Waals surface area contributed by atoms with Gasteiger partial charge in [0.1, 0.15) is 12.2 Å². The number of aliphatic hydroxyl groups excluding tert-OH is 3. The molecule has 0 aromatic rings. The molecule has 3 rings (SSSR count). The van der Waals surface area contributed by atoms with Crippen LogP contribution in [0.3, 0.4) is 0 Å². The lowest BCUT2D eigenvalue weighted by Gasteiger charge is -2.62. The van der Waals surface area contributed by atoms with Crippen LogP contribution < -0.4 is 0 Å². The molecule has 1 spiro atoms. The van der Waals surface area contributed by atoms with Crippen LogP contribution in [0, 0.1) is 22.7 Å². The second-order valence-electron chi connectivity index (χ2n) is 15.0. The van der Waals surface area contributed by atoms with E-state index in [1.807, 2.05) is 19.9 Å². The van der Waals surface area contributed by atoms with Gasteiger partial charge in [0.05, 0.1) is 18.1 Å². The maximum atomic E-state index is 13.4. The first-order valence-corrected chi connectivity index (χ1v) is 19.1. The zero-order valence-corrected chi connectivity index (χ0v) is 31.2. The molecule has 2 aliphatic carbocycles. The highest BCUT2D eigenvalue weighted by Gasteiger charge is 2.74. The molecule has 0 unspecified atom stereocenters. The van der Waals surface area contributed by atoms with E-state index in [1.54, 1.807) is 6.08 Å². The number of hydrogen-bond acceptors (Lipinski definition) is 10. The summed E-state index contributed by atoms with van der Waals surface area (Å²) in [6, 6.07) is 0. The number of rotatable bonds is 21. The van der Waals surface area contributed by atoms with E-state index < -0.39 is 71.5 Å². The van der Waals surface area contributed by atoms with Gasteiger partial charge in [-0.05, 0) is 42.2 Å². The SMILES string of the molecule is C=C/C(=C\C[C@]1(C)[C@@H](C)[C@H](OC(=O)CCCCCCCCCCCCCCC)[C@@H](O)[C@]23C(=C[C@@H](O)C[C@@H]12)[C@H](OC(C)=O)O[C@@H]3OC(C)=O)CO. The van der Waals surface area contributed by atoms with Gasteiger partial charge in [0.15, 0.2) is 0 Å². The fraction of sp³-hybridized carbons (Fsp3) is 0.775. The van der Waals surface area contributed by atoms with E-state index in [-0.39, 0.29) is 25.0 Å². The lowest BCUT2D eigenvalue weighted by Crippen LogP contribution is -2.68. The molecule has 0 amide bonds. The maximum Gasteiger partial charge on any atom is 0.306 e. The Morgan fingerprint density at radius 2 is 1.48 bits per heavy atom. The van der Waals surface area contributed by atoms with E-state index in [9.17, 15) is 29.7 Å². The first-order valence-electron chi connectivity index (χ1n) is 19.1. The van der Waals surface area contributed by atoms with Gasteiger partial charge < -0.3 is 29.5 Å². The van der Waals surface area contributed by atoms with Crippen molar-refractivity contribution in [3.63, 3.8) is 0 Å². The van der Waals surface area contributed by atoms with Crippen molar-refractivity contribution < 1.29 is 48.7 Å². The number of allylic oxidation sites excluding steroid dienone is 1. The highest BCUT2D eigenvalue weighted by molar-refractivity contribution is 5.70. The van der Waals surface area contributed by atoms with E-state index in [1.165, 1.54) is 77.7 Å². The number of unbranched alkanes of at least 4 members (excludes halogenated alkanes) is 12. The number of aliphatic hydroxyl groups is 3. The van der Waals surface area contributed by atoms with Crippen LogP contribution in [0.5, 0.6) is 0 Å². The molecule has 284 valence electrons. The fourth-order valence-corrected chi connectivity index (χ4v) is 8.58. The summed E-state index contributed by atoms with van der Waals surface area (Å²) < 4.78 is 23.4. The summed E-state index contributed by atoms with van der Waals surface area (Å²) >= 11 is 0. The number of hydrogen-bond donors (Lipinski definition) is 3. The Balaban J connectivity index is 1.78. The molecular formula is C40H64O10. The third kappa shape index (κ3) is 10.1. The molecule has 10 nitrogen and oxygen atoms in total. The lowest BCUT2D eigenvalue weighted by atomic mass is 9.44. The van der Waals surface area contributed by atoms with Crippen LogP contribution in [0.25, 0.3) is 0 Å². The van der Waals surface area contributed by atoms with Crippen molar-refractivity contribution in [3.05, 3.63) is 36.0 Å². The van der Waals surface area contributed by atoms with E-state index in [0.29, 0.717) is 18.4 Å². The number of esters is 3. The molecule has 1 heterocycles. The van der Waals surface area contributed by atoms with Gasteiger partial charge in [-0.3, -0.25) is 19.1 Å². The average Bonchev–Trinajstić information content (AvgIpc) is 3.35. The molecule has 3 N–H and O–H groups in total. The van der Waals surface area contributed by atoms with E-state index in [0.717, 1.165) is 19.3 Å². The molecule has 3 aliphatic rings. The normalized spacial score (nSPS) is 32.0. The van der Waals surface area contributed by atoms with Gasteiger partial charge in [-0.2, -0.15) is 0 Å². The van der Waals surface area contributed by atoms with E-state index >= 15 is 0 Å². The Kier molecular flexibility index (Phi) is 16.7. The Hall–Kier alpha value is -2.53. The van der Waals surface area contributed by atoms with Crippen molar-refractivity contribution in [1.29, 1.82) is 0 Å². The summed E-state index contributed by atoms with van der Waals surface area (Å²) in [6.45, 7) is 12.1. The third-order valence-corrected chi connectivity index (χ3v) is 11.5. The number of carbonyl (C=O) groups excluding carboxylic acids is 3. The molecule has 50 heavy (non-hydrogen) atoms. The molecule has 1 aliphatic heterocycles. The highest BCUT2D eigenvalue weighted by Crippen LogP contribution is 2.67. The summed E-state index contributed by atoms with van der Waals surface area (Å²) in [6.07, 6.45) is 14.9. The van der Waals surface area contributed by atoms with E-state index in [2.05, 4.69) is 13.5 Å². The number of carbonyl (C=O) groups is 3. The molecule has 9 atom stereocenters. The van der Waals surface area contributed by atoms with Crippen molar-refractivity contribution in [3.8, 4) is 0 Å². The molecule has 0 bridgehead atoms. The smallest absolute Gasteiger partial charge is 0.306 e. The Labute approximate surface area is 299 Å². The molecule has 1 saturated heterocycles. The fourth-order valence-electron chi connectivity index (χ4n) is 8.58. The summed E-state index contributed by atoms with van der Waals surface area (Å²) in [5.41, 5.74) is -1.43. The first-order chi connectivity index (χ1) is 23.9. The van der Waals surface area contributed by atoms with Gasteiger partial charge in [-0.1, -0.05) is 117 Å². The van der Waals surface area contributed by atoms with Crippen LogP contribution in [0.2, 0.25) is 0 Å². The van der Waals surface area contributed by atoms with Gasteiger partial charge in [-0.25, -0.2) is 0 Å². The van der Waals surface area contributed by atoms with Crippen LogP contribution in [0.1, 0.15) is 137 Å². The molecular weight excluding hydrogens is 640 g/mol. The van der Waals surface area contributed by atoms with Gasteiger partial charge >= 0.3 is 17.9 Å². The third-order valence-electron chi connectivity index (χ3n) is 11.5. The molecule has 1 saturated carbocycles. The quantitative estimate of drug-likeness (QED) is 0.0375. The lowest BCUT2D eigenvalue weighted by molar-refractivity contribution is -0.275.